The minimum Gasteiger partial charge on any atom is -0.267 e. The van der Waals surface area contributed by atoms with E-state index in [4.69, 9.17) is 0 Å². The molecule has 1 aliphatic carbocycles. The monoisotopic (exact) mass is 379 g/mol. The maximum atomic E-state index is 13.1. The predicted octanol–water partition coefficient (Wildman–Crippen LogP) is 4.82. The van der Waals surface area contributed by atoms with Crippen molar-refractivity contribution in [3.63, 3.8) is 0 Å². The van der Waals surface area contributed by atoms with Gasteiger partial charge in [0.15, 0.2) is 0 Å². The van der Waals surface area contributed by atoms with Crippen LogP contribution in [0.3, 0.4) is 0 Å². The SMILES string of the molecule is Cc1nc2sc3c(c2c(=O)n1N=Cc1ccc(C(C)(C)C)cc1)CCCC3. The molecule has 0 amide bonds. The maximum absolute atomic E-state index is 13.1. The molecule has 0 saturated heterocycles. The Morgan fingerprint density at radius 2 is 1.85 bits per heavy atom. The van der Waals surface area contributed by atoms with Crippen LogP contribution in [0.5, 0.6) is 0 Å². The normalized spacial score (nSPS) is 14.8. The highest BCUT2D eigenvalue weighted by Crippen LogP contribution is 2.33. The lowest BCUT2D eigenvalue weighted by atomic mass is 9.87. The Balaban J connectivity index is 1.73. The zero-order valence-corrected chi connectivity index (χ0v) is 17.2. The maximum Gasteiger partial charge on any atom is 0.283 e. The average Bonchev–Trinajstić information content (AvgIpc) is 2.99. The number of thiophene rings is 1. The summed E-state index contributed by atoms with van der Waals surface area (Å²) < 4.78 is 1.45. The second-order valence-corrected chi connectivity index (χ2v) is 9.37. The van der Waals surface area contributed by atoms with Gasteiger partial charge in [0.1, 0.15) is 10.7 Å². The van der Waals surface area contributed by atoms with E-state index >= 15 is 0 Å². The molecule has 0 atom stereocenters. The highest BCUT2D eigenvalue weighted by atomic mass is 32.1. The van der Waals surface area contributed by atoms with E-state index in [1.54, 1.807) is 17.6 Å². The molecule has 2 aromatic heterocycles. The van der Waals surface area contributed by atoms with Crippen molar-refractivity contribution in [2.24, 2.45) is 5.10 Å². The average molecular weight is 380 g/mol. The highest BCUT2D eigenvalue weighted by Gasteiger charge is 2.21. The lowest BCUT2D eigenvalue weighted by Crippen LogP contribution is -2.21. The van der Waals surface area contributed by atoms with E-state index in [0.29, 0.717) is 5.82 Å². The first-order valence-electron chi connectivity index (χ1n) is 9.53. The van der Waals surface area contributed by atoms with E-state index in [1.165, 1.54) is 27.1 Å². The Hall–Kier alpha value is -2.27. The van der Waals surface area contributed by atoms with E-state index in [1.807, 2.05) is 19.1 Å². The first-order chi connectivity index (χ1) is 12.8. The van der Waals surface area contributed by atoms with Crippen molar-refractivity contribution in [1.82, 2.24) is 9.66 Å². The van der Waals surface area contributed by atoms with Crippen LogP contribution in [0.15, 0.2) is 34.2 Å². The Morgan fingerprint density at radius 3 is 2.56 bits per heavy atom. The fourth-order valence-electron chi connectivity index (χ4n) is 3.63. The summed E-state index contributed by atoms with van der Waals surface area (Å²) in [6.45, 7) is 8.43. The van der Waals surface area contributed by atoms with Gasteiger partial charge in [-0.25, -0.2) is 4.98 Å². The van der Waals surface area contributed by atoms with Crippen molar-refractivity contribution >= 4 is 27.8 Å². The smallest absolute Gasteiger partial charge is 0.267 e. The molecule has 0 fully saturated rings. The van der Waals surface area contributed by atoms with Crippen molar-refractivity contribution in [1.29, 1.82) is 0 Å². The molecule has 3 aromatic rings. The second-order valence-electron chi connectivity index (χ2n) is 8.28. The molecule has 4 rings (SSSR count). The molecule has 4 nitrogen and oxygen atoms in total. The zero-order chi connectivity index (χ0) is 19.2. The van der Waals surface area contributed by atoms with Crippen LogP contribution in [0.25, 0.3) is 10.2 Å². The van der Waals surface area contributed by atoms with E-state index in [9.17, 15) is 4.79 Å². The van der Waals surface area contributed by atoms with Crippen molar-refractivity contribution < 1.29 is 0 Å². The molecule has 1 aliphatic rings. The number of aryl methyl sites for hydroxylation is 3. The van der Waals surface area contributed by atoms with Gasteiger partial charge in [-0.3, -0.25) is 4.79 Å². The van der Waals surface area contributed by atoms with Crippen LogP contribution >= 0.6 is 11.3 Å². The van der Waals surface area contributed by atoms with Gasteiger partial charge in [0.25, 0.3) is 5.56 Å². The van der Waals surface area contributed by atoms with Crippen LogP contribution in [-0.2, 0) is 18.3 Å². The van der Waals surface area contributed by atoms with Crippen LogP contribution in [0.4, 0.5) is 0 Å². The minimum atomic E-state index is -0.0422. The topological polar surface area (TPSA) is 47.2 Å². The summed E-state index contributed by atoms with van der Waals surface area (Å²) in [5, 5.41) is 5.25. The molecule has 2 heterocycles. The van der Waals surface area contributed by atoms with E-state index < -0.39 is 0 Å². The standard InChI is InChI=1S/C22H25N3OS/c1-14-24-20-19(17-7-5-6-8-18(17)27-20)21(26)25(14)23-13-15-9-11-16(12-10-15)22(2,3)4/h9-13H,5-8H2,1-4H3. The first kappa shape index (κ1) is 18.1. The highest BCUT2D eigenvalue weighted by molar-refractivity contribution is 7.18. The number of fused-ring (bicyclic) bond motifs is 3. The third-order valence-electron chi connectivity index (χ3n) is 5.23. The van der Waals surface area contributed by atoms with Crippen molar-refractivity contribution in [3.05, 3.63) is 62.0 Å². The first-order valence-corrected chi connectivity index (χ1v) is 10.3. The van der Waals surface area contributed by atoms with Gasteiger partial charge >= 0.3 is 0 Å². The summed E-state index contributed by atoms with van der Waals surface area (Å²) in [6, 6.07) is 8.33. The van der Waals surface area contributed by atoms with Crippen molar-refractivity contribution in [2.75, 3.05) is 0 Å². The number of aromatic nitrogens is 2. The van der Waals surface area contributed by atoms with E-state index in [-0.39, 0.29) is 11.0 Å². The molecule has 140 valence electrons. The van der Waals surface area contributed by atoms with Gasteiger partial charge < -0.3 is 0 Å². The van der Waals surface area contributed by atoms with Crippen molar-refractivity contribution in [3.8, 4) is 0 Å². The molecule has 0 spiro atoms. The minimum absolute atomic E-state index is 0.0422. The summed E-state index contributed by atoms with van der Waals surface area (Å²) in [6.07, 6.45) is 6.14. The van der Waals surface area contributed by atoms with Crippen LogP contribution < -0.4 is 5.56 Å². The van der Waals surface area contributed by atoms with E-state index in [0.717, 1.165) is 35.0 Å². The molecule has 27 heavy (non-hydrogen) atoms. The largest absolute Gasteiger partial charge is 0.283 e. The summed E-state index contributed by atoms with van der Waals surface area (Å²) in [4.78, 5) is 20.0. The molecule has 5 heteroatoms. The zero-order valence-electron chi connectivity index (χ0n) is 16.4. The molecule has 0 bridgehead atoms. The van der Waals surface area contributed by atoms with Crippen LogP contribution in [-0.4, -0.2) is 15.9 Å². The fraction of sp³-hybridized carbons (Fsp3) is 0.409. The summed E-state index contributed by atoms with van der Waals surface area (Å²) >= 11 is 1.68. The van der Waals surface area contributed by atoms with Crippen LogP contribution in [0, 0.1) is 6.92 Å². The Bertz CT molecular complexity index is 1080. The van der Waals surface area contributed by atoms with Crippen LogP contribution in [0.2, 0.25) is 0 Å². The van der Waals surface area contributed by atoms with E-state index in [2.05, 4.69) is 43.0 Å². The number of benzene rings is 1. The van der Waals surface area contributed by atoms with Crippen molar-refractivity contribution in [2.45, 2.75) is 58.8 Å². The van der Waals surface area contributed by atoms with Gasteiger partial charge in [0.05, 0.1) is 11.6 Å². The molecule has 0 unspecified atom stereocenters. The third-order valence-corrected chi connectivity index (χ3v) is 6.41. The number of hydrogen-bond acceptors (Lipinski definition) is 4. The Kier molecular flexibility index (Phi) is 4.50. The second kappa shape index (κ2) is 6.71. The lowest BCUT2D eigenvalue weighted by Gasteiger charge is -2.18. The number of rotatable bonds is 2. The Labute approximate surface area is 163 Å². The summed E-state index contributed by atoms with van der Waals surface area (Å²) in [5.41, 5.74) is 3.54. The summed E-state index contributed by atoms with van der Waals surface area (Å²) in [7, 11) is 0. The van der Waals surface area contributed by atoms with Gasteiger partial charge in [-0.05, 0) is 54.7 Å². The van der Waals surface area contributed by atoms with Gasteiger partial charge in [0.2, 0.25) is 0 Å². The van der Waals surface area contributed by atoms with Crippen LogP contribution in [0.1, 0.15) is 61.0 Å². The predicted molar refractivity (Wildman–Crippen MR) is 113 cm³/mol. The van der Waals surface area contributed by atoms with Gasteiger partial charge in [-0.1, -0.05) is 45.0 Å². The molecular formula is C22H25N3OS. The fourth-order valence-corrected chi connectivity index (χ4v) is 4.92. The van der Waals surface area contributed by atoms with Gasteiger partial charge in [-0.2, -0.15) is 9.78 Å². The summed E-state index contributed by atoms with van der Waals surface area (Å²) in [5.74, 6) is 0.633. The molecule has 0 radical (unpaired) electrons. The Morgan fingerprint density at radius 1 is 1.15 bits per heavy atom. The molecular weight excluding hydrogens is 354 g/mol. The molecule has 1 aromatic carbocycles. The van der Waals surface area contributed by atoms with Gasteiger partial charge in [-0.15, -0.1) is 11.3 Å². The quantitative estimate of drug-likeness (QED) is 0.599. The number of nitrogens with zero attached hydrogens (tertiary/aromatic N) is 3. The van der Waals surface area contributed by atoms with Gasteiger partial charge in [0, 0.05) is 4.88 Å². The number of hydrogen-bond donors (Lipinski definition) is 0. The molecule has 0 N–H and O–H groups in total. The lowest BCUT2D eigenvalue weighted by molar-refractivity contribution is 0.590. The molecule has 0 aliphatic heterocycles. The molecule has 0 saturated carbocycles. The third kappa shape index (κ3) is 3.36.